The predicted octanol–water partition coefficient (Wildman–Crippen LogP) is 1.78. The molecule has 5 heteroatoms. The first-order valence-electron chi connectivity index (χ1n) is 7.89. The molecule has 0 fully saturated rings. The molecule has 0 unspecified atom stereocenters. The van der Waals surface area contributed by atoms with Crippen LogP contribution in [0, 0.1) is 5.92 Å². The smallest absolute Gasteiger partial charge is 0.312 e. The van der Waals surface area contributed by atoms with Gasteiger partial charge in [-0.15, -0.1) is 0 Å². The van der Waals surface area contributed by atoms with Gasteiger partial charge in [0.15, 0.2) is 0 Å². The zero-order valence-electron chi connectivity index (χ0n) is 13.8. The molecule has 0 aliphatic rings. The minimum atomic E-state index is -0.283. The Morgan fingerprint density at radius 3 is 2.43 bits per heavy atom. The lowest BCUT2D eigenvalue weighted by atomic mass is 10.0. The third-order valence-electron chi connectivity index (χ3n) is 3.72. The summed E-state index contributed by atoms with van der Waals surface area (Å²) >= 11 is 0. The molecule has 1 rings (SSSR count). The third-order valence-corrected chi connectivity index (χ3v) is 3.72. The molecule has 1 aromatic rings. The van der Waals surface area contributed by atoms with Crippen molar-refractivity contribution in [1.29, 1.82) is 0 Å². The van der Waals surface area contributed by atoms with E-state index in [9.17, 15) is 9.59 Å². The van der Waals surface area contributed by atoms with Crippen molar-refractivity contribution in [3.8, 4) is 0 Å². The quantitative estimate of drug-likeness (QED) is 0.707. The highest BCUT2D eigenvalue weighted by Crippen LogP contribution is 2.08. The topological polar surface area (TPSA) is 56.0 Å². The average molecular weight is 295 g/mol. The number of aryl methyl sites for hydroxylation is 1. The van der Waals surface area contributed by atoms with Crippen LogP contribution in [0.3, 0.4) is 0 Å². The van der Waals surface area contributed by atoms with Gasteiger partial charge in [-0.25, -0.2) is 4.79 Å². The summed E-state index contributed by atoms with van der Waals surface area (Å²) in [7, 11) is 3.18. The molecule has 5 nitrogen and oxygen atoms in total. The Balaban J connectivity index is 2.28. The van der Waals surface area contributed by atoms with Crippen LogP contribution < -0.4 is 16.6 Å². The van der Waals surface area contributed by atoms with Crippen molar-refractivity contribution in [3.63, 3.8) is 0 Å². The van der Waals surface area contributed by atoms with E-state index in [0.29, 0.717) is 12.1 Å². The Hall–Kier alpha value is -1.36. The highest BCUT2D eigenvalue weighted by molar-refractivity contribution is 5.05. The van der Waals surface area contributed by atoms with Gasteiger partial charge < -0.3 is 9.88 Å². The van der Waals surface area contributed by atoms with E-state index in [0.717, 1.165) is 23.5 Å². The Morgan fingerprint density at radius 1 is 1.10 bits per heavy atom. The second-order valence-corrected chi connectivity index (χ2v) is 6.19. The Labute approximate surface area is 127 Å². The fourth-order valence-corrected chi connectivity index (χ4v) is 2.38. The summed E-state index contributed by atoms with van der Waals surface area (Å²) in [5, 5.41) is 3.29. The molecule has 0 radical (unpaired) electrons. The summed E-state index contributed by atoms with van der Waals surface area (Å²) in [6.45, 7) is 5.95. The van der Waals surface area contributed by atoms with Crippen LogP contribution in [-0.4, -0.2) is 15.7 Å². The normalized spacial score (nSPS) is 11.3. The van der Waals surface area contributed by atoms with Gasteiger partial charge in [0.2, 0.25) is 0 Å². The van der Waals surface area contributed by atoms with Gasteiger partial charge in [-0.2, -0.15) is 0 Å². The molecule has 0 aliphatic carbocycles. The van der Waals surface area contributed by atoms with Gasteiger partial charge in [0.05, 0.1) is 0 Å². The first-order chi connectivity index (χ1) is 9.93. The minimum absolute atomic E-state index is 0.206. The first kappa shape index (κ1) is 17.7. The number of hydrogen-bond acceptors (Lipinski definition) is 3. The van der Waals surface area contributed by atoms with Gasteiger partial charge in [-0.3, -0.25) is 9.36 Å². The molecule has 0 atom stereocenters. The van der Waals surface area contributed by atoms with E-state index in [2.05, 4.69) is 19.2 Å². The molecule has 120 valence electrons. The second-order valence-electron chi connectivity index (χ2n) is 6.19. The summed E-state index contributed by atoms with van der Waals surface area (Å²) in [6, 6.07) is 0. The summed E-state index contributed by atoms with van der Waals surface area (Å²) in [5.74, 6) is 0.795. The highest BCUT2D eigenvalue weighted by atomic mass is 16.2. The van der Waals surface area contributed by atoms with Crippen molar-refractivity contribution >= 4 is 0 Å². The van der Waals surface area contributed by atoms with Crippen LogP contribution in [0.2, 0.25) is 0 Å². The van der Waals surface area contributed by atoms with Crippen LogP contribution in [0.4, 0.5) is 0 Å². The van der Waals surface area contributed by atoms with E-state index in [4.69, 9.17) is 0 Å². The van der Waals surface area contributed by atoms with E-state index in [1.807, 2.05) is 0 Å². The monoisotopic (exact) mass is 295 g/mol. The summed E-state index contributed by atoms with van der Waals surface area (Å²) in [6.07, 6.45) is 7.87. The fraction of sp³-hybridized carbons (Fsp3) is 0.750. The van der Waals surface area contributed by atoms with Crippen LogP contribution in [0.25, 0.3) is 0 Å². The number of aromatic nitrogens is 2. The van der Waals surface area contributed by atoms with Crippen LogP contribution in [0.5, 0.6) is 0 Å². The number of rotatable bonds is 9. The molecule has 0 saturated carbocycles. The minimum Gasteiger partial charge on any atom is -0.312 e. The van der Waals surface area contributed by atoms with Gasteiger partial charge in [0.1, 0.15) is 0 Å². The lowest BCUT2D eigenvalue weighted by molar-refractivity contribution is 0.511. The van der Waals surface area contributed by atoms with Crippen LogP contribution in [0.1, 0.15) is 51.5 Å². The zero-order valence-corrected chi connectivity index (χ0v) is 13.8. The molecule has 0 bridgehead atoms. The van der Waals surface area contributed by atoms with Gasteiger partial charge in [0.25, 0.3) is 5.56 Å². The van der Waals surface area contributed by atoms with Crippen molar-refractivity contribution in [1.82, 2.24) is 14.5 Å². The average Bonchev–Trinajstić information content (AvgIpc) is 2.44. The fourth-order valence-electron chi connectivity index (χ4n) is 2.38. The van der Waals surface area contributed by atoms with Gasteiger partial charge in [-0.05, 0) is 18.9 Å². The van der Waals surface area contributed by atoms with Crippen molar-refractivity contribution in [2.45, 2.75) is 52.5 Å². The standard InChI is InChI=1S/C16H29N3O2/c1-13(2)9-7-5-6-8-10-17-11-14-12-18(3)16(21)19(4)15(14)20/h12-13,17H,5-11H2,1-4H3. The molecular weight excluding hydrogens is 266 g/mol. The van der Waals surface area contributed by atoms with Crippen molar-refractivity contribution < 1.29 is 0 Å². The maximum absolute atomic E-state index is 11.9. The summed E-state index contributed by atoms with van der Waals surface area (Å²) < 4.78 is 2.60. The van der Waals surface area contributed by atoms with Crippen molar-refractivity contribution in [2.24, 2.45) is 20.0 Å². The lowest BCUT2D eigenvalue weighted by Crippen LogP contribution is -2.39. The maximum Gasteiger partial charge on any atom is 0.330 e. The molecule has 1 N–H and O–H groups in total. The molecule has 21 heavy (non-hydrogen) atoms. The largest absolute Gasteiger partial charge is 0.330 e. The van der Waals surface area contributed by atoms with Crippen LogP contribution >= 0.6 is 0 Å². The molecule has 0 saturated heterocycles. The van der Waals surface area contributed by atoms with Gasteiger partial charge in [0, 0.05) is 32.4 Å². The number of nitrogens with one attached hydrogen (secondary N) is 1. The van der Waals surface area contributed by atoms with Crippen LogP contribution in [0.15, 0.2) is 15.8 Å². The predicted molar refractivity (Wildman–Crippen MR) is 86.6 cm³/mol. The molecular formula is C16H29N3O2. The number of nitrogens with zero attached hydrogens (tertiary/aromatic N) is 2. The molecule has 0 aromatic carbocycles. The van der Waals surface area contributed by atoms with Gasteiger partial charge in [-0.1, -0.05) is 39.5 Å². The van der Waals surface area contributed by atoms with Crippen molar-refractivity contribution in [3.05, 3.63) is 32.6 Å². The second kappa shape index (κ2) is 8.82. The molecule has 1 aromatic heterocycles. The van der Waals surface area contributed by atoms with E-state index >= 15 is 0 Å². The van der Waals surface area contributed by atoms with E-state index in [1.165, 1.54) is 37.3 Å². The number of hydrogen-bond donors (Lipinski definition) is 1. The summed E-state index contributed by atoms with van der Waals surface area (Å²) in [4.78, 5) is 23.5. The molecule has 0 spiro atoms. The molecule has 0 aliphatic heterocycles. The van der Waals surface area contributed by atoms with E-state index < -0.39 is 0 Å². The highest BCUT2D eigenvalue weighted by Gasteiger charge is 2.05. The molecule has 0 amide bonds. The zero-order chi connectivity index (χ0) is 15.8. The number of unbranched alkanes of at least 4 members (excludes halogenated alkanes) is 3. The first-order valence-corrected chi connectivity index (χ1v) is 7.89. The van der Waals surface area contributed by atoms with E-state index in [1.54, 1.807) is 13.2 Å². The SMILES string of the molecule is CC(C)CCCCCCNCc1cn(C)c(=O)n(C)c1=O. The van der Waals surface area contributed by atoms with Gasteiger partial charge >= 0.3 is 5.69 Å². The van der Waals surface area contributed by atoms with E-state index in [-0.39, 0.29) is 11.2 Å². The summed E-state index contributed by atoms with van der Waals surface area (Å²) in [5.41, 5.74) is 0.149. The van der Waals surface area contributed by atoms with Crippen molar-refractivity contribution in [2.75, 3.05) is 6.54 Å². The Kier molecular flexibility index (Phi) is 7.43. The maximum atomic E-state index is 11.9. The lowest BCUT2D eigenvalue weighted by Gasteiger charge is -2.08. The van der Waals surface area contributed by atoms with Crippen LogP contribution in [-0.2, 0) is 20.6 Å². The Bertz CT molecular complexity index is 543. The molecule has 1 heterocycles. The Morgan fingerprint density at radius 2 is 1.76 bits per heavy atom. The third kappa shape index (κ3) is 5.87.